The first kappa shape index (κ1) is 23.6. The minimum atomic E-state index is -0.762. The Bertz CT molecular complexity index is 921. The summed E-state index contributed by atoms with van der Waals surface area (Å²) in [5.74, 6) is 1.20. The summed E-state index contributed by atoms with van der Waals surface area (Å²) in [6.45, 7) is 3.02. The van der Waals surface area contributed by atoms with Gasteiger partial charge in [0.2, 0.25) is 0 Å². The molecular formula is C26H31NO5. The maximum Gasteiger partial charge on any atom is 0.303 e. The molecule has 0 fully saturated rings. The molecule has 0 saturated carbocycles. The molecular weight excluding hydrogens is 406 g/mol. The van der Waals surface area contributed by atoms with E-state index in [0.717, 1.165) is 34.6 Å². The summed E-state index contributed by atoms with van der Waals surface area (Å²) in [5.41, 5.74) is 6.28. The molecule has 0 radical (unpaired) electrons. The minimum absolute atomic E-state index is 0.0719. The van der Waals surface area contributed by atoms with Crippen LogP contribution < -0.4 is 10.2 Å². The van der Waals surface area contributed by atoms with Gasteiger partial charge in [0.05, 0.1) is 18.9 Å². The van der Waals surface area contributed by atoms with E-state index in [-0.39, 0.29) is 18.4 Å². The Hall–Kier alpha value is -3.09. The summed E-state index contributed by atoms with van der Waals surface area (Å²) in [6, 6.07) is 17.8. The fourth-order valence-corrected chi connectivity index (χ4v) is 3.62. The van der Waals surface area contributed by atoms with Crippen molar-refractivity contribution >= 4 is 5.97 Å². The van der Waals surface area contributed by atoms with Gasteiger partial charge in [-0.1, -0.05) is 61.0 Å². The van der Waals surface area contributed by atoms with Crippen LogP contribution in [0, 0.1) is 5.92 Å². The average Bonchev–Trinajstić information content (AvgIpc) is 2.81. The number of carboxylic acids is 1. The molecule has 1 aliphatic carbocycles. The monoisotopic (exact) mass is 437 g/mol. The summed E-state index contributed by atoms with van der Waals surface area (Å²) in [6.07, 6.45) is 5.56. The molecule has 1 aliphatic rings. The number of nitrogens with one attached hydrogen (secondary N) is 1. The second-order valence-corrected chi connectivity index (χ2v) is 7.92. The van der Waals surface area contributed by atoms with Crippen LogP contribution in [0.15, 0.2) is 78.1 Å². The molecule has 0 heterocycles. The number of hydroxylamine groups is 1. The Morgan fingerprint density at radius 2 is 1.84 bits per heavy atom. The first-order valence-electron chi connectivity index (χ1n) is 10.8. The maximum atomic E-state index is 10.8. The summed E-state index contributed by atoms with van der Waals surface area (Å²) >= 11 is 0. The first-order valence-corrected chi connectivity index (χ1v) is 10.8. The van der Waals surface area contributed by atoms with Gasteiger partial charge in [-0.2, -0.15) is 5.48 Å². The van der Waals surface area contributed by atoms with E-state index in [2.05, 4.69) is 12.4 Å². The highest BCUT2D eigenvalue weighted by molar-refractivity contribution is 5.67. The van der Waals surface area contributed by atoms with Gasteiger partial charge in [0, 0.05) is 12.3 Å². The molecule has 0 aliphatic heterocycles. The van der Waals surface area contributed by atoms with Crippen molar-refractivity contribution in [2.75, 3.05) is 13.7 Å². The molecule has 0 bridgehead atoms. The van der Waals surface area contributed by atoms with Crippen molar-refractivity contribution in [3.63, 3.8) is 0 Å². The van der Waals surface area contributed by atoms with Gasteiger partial charge in [0.1, 0.15) is 19.0 Å². The number of hydrogen-bond donors (Lipinski definition) is 2. The molecule has 32 heavy (non-hydrogen) atoms. The van der Waals surface area contributed by atoms with Gasteiger partial charge in [-0.25, -0.2) is 0 Å². The third-order valence-corrected chi connectivity index (χ3v) is 5.40. The van der Waals surface area contributed by atoms with Crippen molar-refractivity contribution < 1.29 is 24.2 Å². The number of aliphatic carboxylic acids is 1. The largest absolute Gasteiger partial charge is 0.493 e. The zero-order valence-corrected chi connectivity index (χ0v) is 18.6. The van der Waals surface area contributed by atoms with Crippen LogP contribution >= 0.6 is 0 Å². The van der Waals surface area contributed by atoms with Crippen LogP contribution in [0.1, 0.15) is 43.4 Å². The van der Waals surface area contributed by atoms with E-state index in [1.807, 2.05) is 66.7 Å². The lowest BCUT2D eigenvalue weighted by Crippen LogP contribution is -2.25. The van der Waals surface area contributed by atoms with Crippen LogP contribution in [0.5, 0.6) is 5.75 Å². The molecule has 0 saturated heterocycles. The Balaban J connectivity index is 1.50. The lowest BCUT2D eigenvalue weighted by atomic mass is 9.91. The standard InChI is InChI=1S/C26H31NO5/c1-19-16-20(11-15-26(28)29)10-14-25(19)32-17-21-8-12-23(13-9-21)31-18-24(27-30-2)22-6-4-3-5-7-22/h3-10,12-14,19,24,27H,11,15-18H2,1-2H3,(H,28,29). The van der Waals surface area contributed by atoms with E-state index in [1.165, 1.54) is 0 Å². The molecule has 6 heteroatoms. The number of allylic oxidation sites excluding steroid dienone is 4. The van der Waals surface area contributed by atoms with Crippen molar-refractivity contribution in [1.29, 1.82) is 0 Å². The van der Waals surface area contributed by atoms with E-state index in [4.69, 9.17) is 19.4 Å². The smallest absolute Gasteiger partial charge is 0.303 e. The molecule has 0 spiro atoms. The van der Waals surface area contributed by atoms with Crippen molar-refractivity contribution in [2.45, 2.75) is 38.8 Å². The van der Waals surface area contributed by atoms with E-state index >= 15 is 0 Å². The van der Waals surface area contributed by atoms with Crippen molar-refractivity contribution in [2.24, 2.45) is 5.92 Å². The SMILES string of the molecule is CONC(COc1ccc(COC2=CC=C(CCC(=O)O)CC2C)cc1)c1ccccc1. The van der Waals surface area contributed by atoms with Gasteiger partial charge in [-0.05, 0) is 42.2 Å². The predicted molar refractivity (Wildman–Crippen MR) is 123 cm³/mol. The minimum Gasteiger partial charge on any atom is -0.493 e. The Morgan fingerprint density at radius 1 is 1.09 bits per heavy atom. The summed E-state index contributed by atoms with van der Waals surface area (Å²) in [7, 11) is 1.60. The van der Waals surface area contributed by atoms with Gasteiger partial charge in [-0.3, -0.25) is 4.79 Å². The van der Waals surface area contributed by atoms with Crippen molar-refractivity contribution in [3.05, 3.63) is 89.2 Å². The van der Waals surface area contributed by atoms with E-state index in [1.54, 1.807) is 7.11 Å². The fraction of sp³-hybridized carbons (Fsp3) is 0.346. The number of rotatable bonds is 12. The zero-order chi connectivity index (χ0) is 22.8. The molecule has 2 aromatic rings. The Labute approximate surface area is 189 Å². The first-order chi connectivity index (χ1) is 15.5. The van der Waals surface area contributed by atoms with Crippen LogP contribution in [-0.2, 0) is 21.0 Å². The van der Waals surface area contributed by atoms with Crippen molar-refractivity contribution in [3.8, 4) is 5.75 Å². The predicted octanol–water partition coefficient (Wildman–Crippen LogP) is 5.19. The van der Waals surface area contributed by atoms with Gasteiger partial charge in [0.25, 0.3) is 0 Å². The summed E-state index contributed by atoms with van der Waals surface area (Å²) < 4.78 is 12.0. The lowest BCUT2D eigenvalue weighted by molar-refractivity contribution is -0.136. The highest BCUT2D eigenvalue weighted by Crippen LogP contribution is 2.29. The molecule has 0 amide bonds. The molecule has 2 N–H and O–H groups in total. The van der Waals surface area contributed by atoms with Gasteiger partial charge in [-0.15, -0.1) is 0 Å². The van der Waals surface area contributed by atoms with E-state index in [0.29, 0.717) is 19.6 Å². The van der Waals surface area contributed by atoms with Gasteiger partial charge >= 0.3 is 5.97 Å². The number of ether oxygens (including phenoxy) is 2. The Kier molecular flexibility index (Phi) is 8.90. The fourth-order valence-electron chi connectivity index (χ4n) is 3.62. The number of carbonyl (C=O) groups is 1. The van der Waals surface area contributed by atoms with Crippen LogP contribution in [0.4, 0.5) is 0 Å². The van der Waals surface area contributed by atoms with E-state index < -0.39 is 5.97 Å². The van der Waals surface area contributed by atoms with Gasteiger partial charge < -0.3 is 19.4 Å². The van der Waals surface area contributed by atoms with Crippen LogP contribution in [0.25, 0.3) is 0 Å². The molecule has 170 valence electrons. The normalized spacial score (nSPS) is 16.6. The van der Waals surface area contributed by atoms with Crippen LogP contribution in [0.2, 0.25) is 0 Å². The second kappa shape index (κ2) is 12.1. The van der Waals surface area contributed by atoms with Crippen molar-refractivity contribution in [1.82, 2.24) is 5.48 Å². The second-order valence-electron chi connectivity index (χ2n) is 7.92. The number of carboxylic acid groups (broad SMARTS) is 1. The topological polar surface area (TPSA) is 77.0 Å². The molecule has 2 unspecified atom stereocenters. The third kappa shape index (κ3) is 7.25. The van der Waals surface area contributed by atoms with Crippen LogP contribution in [-0.4, -0.2) is 24.8 Å². The maximum absolute atomic E-state index is 10.8. The molecule has 3 rings (SSSR count). The quantitative estimate of drug-likeness (QED) is 0.445. The molecule has 2 aromatic carbocycles. The number of benzene rings is 2. The average molecular weight is 438 g/mol. The zero-order valence-electron chi connectivity index (χ0n) is 18.6. The van der Waals surface area contributed by atoms with Gasteiger partial charge in [0.15, 0.2) is 0 Å². The molecule has 0 aromatic heterocycles. The molecule has 2 atom stereocenters. The number of hydrogen-bond acceptors (Lipinski definition) is 5. The highest BCUT2D eigenvalue weighted by Gasteiger charge is 2.17. The highest BCUT2D eigenvalue weighted by atomic mass is 16.6. The third-order valence-electron chi connectivity index (χ3n) is 5.40. The summed E-state index contributed by atoms with van der Waals surface area (Å²) in [5, 5.41) is 8.84. The summed E-state index contributed by atoms with van der Waals surface area (Å²) in [4.78, 5) is 15.9. The lowest BCUT2D eigenvalue weighted by Gasteiger charge is -2.22. The molecule has 6 nitrogen and oxygen atoms in total. The Morgan fingerprint density at radius 3 is 2.50 bits per heavy atom. The van der Waals surface area contributed by atoms with Crippen LogP contribution in [0.3, 0.4) is 0 Å². The van der Waals surface area contributed by atoms with E-state index in [9.17, 15) is 4.79 Å².